The van der Waals surface area contributed by atoms with E-state index in [1.807, 2.05) is 0 Å². The molecule has 1 aliphatic carbocycles. The summed E-state index contributed by atoms with van der Waals surface area (Å²) in [5.41, 5.74) is 0.441. The molecule has 0 aliphatic heterocycles. The van der Waals surface area contributed by atoms with Gasteiger partial charge in [0.2, 0.25) is 0 Å². The van der Waals surface area contributed by atoms with Crippen LogP contribution in [0.3, 0.4) is 0 Å². The minimum Gasteiger partial charge on any atom is -0.379 e. The third-order valence-electron chi connectivity index (χ3n) is 3.27. The number of nitrogens with one attached hydrogen (secondary N) is 1. The predicted molar refractivity (Wildman–Crippen MR) is 61.5 cm³/mol. The monoisotopic (exact) mass is 236 g/mol. The molecular weight excluding hydrogens is 222 g/mol. The van der Waals surface area contributed by atoms with Crippen LogP contribution in [0.5, 0.6) is 0 Å². The number of anilines is 1. The van der Waals surface area contributed by atoms with E-state index in [0.29, 0.717) is 0 Å². The van der Waals surface area contributed by atoms with Crippen molar-refractivity contribution in [3.63, 3.8) is 0 Å². The molecular formula is C13H14F2N2. The molecule has 1 aromatic rings. The van der Waals surface area contributed by atoms with Gasteiger partial charge >= 0.3 is 0 Å². The Morgan fingerprint density at radius 3 is 2.76 bits per heavy atom. The lowest BCUT2D eigenvalue weighted by Gasteiger charge is -2.17. The fourth-order valence-electron chi connectivity index (χ4n) is 2.24. The number of benzene rings is 1. The highest BCUT2D eigenvalue weighted by Crippen LogP contribution is 2.29. The highest BCUT2D eigenvalue weighted by atomic mass is 19.1. The van der Waals surface area contributed by atoms with Crippen molar-refractivity contribution >= 4 is 5.69 Å². The van der Waals surface area contributed by atoms with E-state index in [1.165, 1.54) is 13.0 Å². The molecule has 0 bridgehead atoms. The van der Waals surface area contributed by atoms with Gasteiger partial charge in [-0.15, -0.1) is 0 Å². The van der Waals surface area contributed by atoms with Gasteiger partial charge in [0, 0.05) is 12.1 Å². The maximum absolute atomic E-state index is 13.6. The number of hydrogen-bond donors (Lipinski definition) is 1. The number of nitrogens with zero attached hydrogens (tertiary/aromatic N) is 1. The second-order valence-corrected chi connectivity index (χ2v) is 4.50. The van der Waals surface area contributed by atoms with Gasteiger partial charge in [-0.25, -0.2) is 8.78 Å². The zero-order valence-electron chi connectivity index (χ0n) is 9.63. The van der Waals surface area contributed by atoms with E-state index in [1.54, 1.807) is 0 Å². The van der Waals surface area contributed by atoms with E-state index in [2.05, 4.69) is 11.4 Å². The van der Waals surface area contributed by atoms with Crippen LogP contribution in [0.25, 0.3) is 0 Å². The van der Waals surface area contributed by atoms with Crippen molar-refractivity contribution in [2.24, 2.45) is 5.92 Å². The van der Waals surface area contributed by atoms with Crippen LogP contribution in [0.1, 0.15) is 24.8 Å². The molecule has 0 heterocycles. The maximum atomic E-state index is 13.6. The Labute approximate surface area is 99.3 Å². The molecule has 17 heavy (non-hydrogen) atoms. The Morgan fingerprint density at radius 2 is 2.06 bits per heavy atom. The molecule has 0 amide bonds. The van der Waals surface area contributed by atoms with Gasteiger partial charge in [0.05, 0.1) is 17.7 Å². The van der Waals surface area contributed by atoms with Crippen LogP contribution < -0.4 is 5.32 Å². The van der Waals surface area contributed by atoms with Crippen LogP contribution in [-0.4, -0.2) is 6.04 Å². The summed E-state index contributed by atoms with van der Waals surface area (Å²) in [6.07, 6.45) is 2.60. The Balaban J connectivity index is 2.19. The molecule has 0 aromatic heterocycles. The number of hydrogen-bond acceptors (Lipinski definition) is 2. The molecule has 2 unspecified atom stereocenters. The van der Waals surface area contributed by atoms with Crippen LogP contribution >= 0.6 is 0 Å². The SMILES string of the molecule is Cc1cc(F)c(NC2CCCC2C#N)cc1F. The van der Waals surface area contributed by atoms with Gasteiger partial charge in [0.15, 0.2) is 0 Å². The van der Waals surface area contributed by atoms with Crippen molar-refractivity contribution in [1.29, 1.82) is 5.26 Å². The average Bonchev–Trinajstić information content (AvgIpc) is 2.73. The zero-order chi connectivity index (χ0) is 12.4. The molecule has 1 aromatic carbocycles. The molecule has 0 radical (unpaired) electrons. The molecule has 1 aliphatic rings. The van der Waals surface area contributed by atoms with Gasteiger partial charge in [-0.3, -0.25) is 0 Å². The third-order valence-corrected chi connectivity index (χ3v) is 3.27. The van der Waals surface area contributed by atoms with E-state index in [4.69, 9.17) is 5.26 Å². The lowest BCUT2D eigenvalue weighted by molar-refractivity contribution is 0.582. The Bertz CT molecular complexity index is 465. The summed E-state index contributed by atoms with van der Waals surface area (Å²) in [7, 11) is 0. The zero-order valence-corrected chi connectivity index (χ0v) is 9.63. The average molecular weight is 236 g/mol. The van der Waals surface area contributed by atoms with Crippen LogP contribution in [0.15, 0.2) is 12.1 Å². The first kappa shape index (κ1) is 11.8. The van der Waals surface area contributed by atoms with Gasteiger partial charge in [-0.2, -0.15) is 5.26 Å². The van der Waals surface area contributed by atoms with Crippen LogP contribution in [-0.2, 0) is 0 Å². The van der Waals surface area contributed by atoms with E-state index in [-0.39, 0.29) is 23.2 Å². The number of nitriles is 1. The fraction of sp³-hybridized carbons (Fsp3) is 0.462. The van der Waals surface area contributed by atoms with Gasteiger partial charge < -0.3 is 5.32 Å². The van der Waals surface area contributed by atoms with E-state index >= 15 is 0 Å². The normalized spacial score (nSPS) is 23.4. The Kier molecular flexibility index (Phi) is 3.28. The molecule has 2 atom stereocenters. The van der Waals surface area contributed by atoms with Crippen molar-refractivity contribution in [3.8, 4) is 6.07 Å². The van der Waals surface area contributed by atoms with Crippen molar-refractivity contribution in [2.75, 3.05) is 5.32 Å². The smallest absolute Gasteiger partial charge is 0.146 e. The highest BCUT2D eigenvalue weighted by Gasteiger charge is 2.27. The van der Waals surface area contributed by atoms with Gasteiger partial charge in [-0.1, -0.05) is 0 Å². The minimum absolute atomic E-state index is 0.0726. The second-order valence-electron chi connectivity index (χ2n) is 4.50. The summed E-state index contributed by atoms with van der Waals surface area (Å²) in [5, 5.41) is 11.9. The number of aryl methyl sites for hydroxylation is 1. The van der Waals surface area contributed by atoms with Gasteiger partial charge in [-0.05, 0) is 37.8 Å². The van der Waals surface area contributed by atoms with Crippen LogP contribution in [0, 0.1) is 35.8 Å². The largest absolute Gasteiger partial charge is 0.379 e. The van der Waals surface area contributed by atoms with Crippen molar-refractivity contribution in [1.82, 2.24) is 0 Å². The van der Waals surface area contributed by atoms with Crippen molar-refractivity contribution in [2.45, 2.75) is 32.2 Å². The minimum atomic E-state index is -0.465. The lowest BCUT2D eigenvalue weighted by atomic mass is 10.1. The van der Waals surface area contributed by atoms with E-state index in [0.717, 1.165) is 25.3 Å². The first-order valence-electron chi connectivity index (χ1n) is 5.73. The summed E-state index contributed by atoms with van der Waals surface area (Å²) in [6.45, 7) is 1.52. The molecule has 0 saturated heterocycles. The quantitative estimate of drug-likeness (QED) is 0.854. The third kappa shape index (κ3) is 2.38. The molecule has 0 spiro atoms. The Morgan fingerprint density at radius 1 is 1.29 bits per heavy atom. The summed E-state index contributed by atoms with van der Waals surface area (Å²) >= 11 is 0. The van der Waals surface area contributed by atoms with E-state index < -0.39 is 11.6 Å². The molecule has 1 saturated carbocycles. The highest BCUT2D eigenvalue weighted by molar-refractivity contribution is 5.48. The summed E-state index contributed by atoms with van der Waals surface area (Å²) in [5.74, 6) is -1.01. The molecule has 4 heteroatoms. The van der Waals surface area contributed by atoms with Gasteiger partial charge in [0.25, 0.3) is 0 Å². The standard InChI is InChI=1S/C13H14F2N2/c1-8-5-11(15)13(6-10(8)14)17-12-4-2-3-9(12)7-16/h5-6,9,12,17H,2-4H2,1H3. The van der Waals surface area contributed by atoms with E-state index in [9.17, 15) is 8.78 Å². The molecule has 90 valence electrons. The van der Waals surface area contributed by atoms with Crippen LogP contribution in [0.2, 0.25) is 0 Å². The number of rotatable bonds is 2. The van der Waals surface area contributed by atoms with Crippen molar-refractivity contribution < 1.29 is 8.78 Å². The summed E-state index contributed by atoms with van der Waals surface area (Å²) in [6, 6.07) is 4.47. The molecule has 1 fully saturated rings. The van der Waals surface area contributed by atoms with Crippen LogP contribution in [0.4, 0.5) is 14.5 Å². The first-order chi connectivity index (χ1) is 8.11. The lowest BCUT2D eigenvalue weighted by Crippen LogP contribution is -2.23. The summed E-state index contributed by atoms with van der Waals surface area (Å²) in [4.78, 5) is 0. The molecule has 1 N–H and O–H groups in total. The van der Waals surface area contributed by atoms with Gasteiger partial charge in [0.1, 0.15) is 11.6 Å². The maximum Gasteiger partial charge on any atom is 0.146 e. The molecule has 2 rings (SSSR count). The predicted octanol–water partition coefficient (Wildman–Crippen LogP) is 3.38. The topological polar surface area (TPSA) is 35.8 Å². The first-order valence-corrected chi connectivity index (χ1v) is 5.73. The molecule has 2 nitrogen and oxygen atoms in total. The van der Waals surface area contributed by atoms with Crippen molar-refractivity contribution in [3.05, 3.63) is 29.3 Å². The second kappa shape index (κ2) is 4.70. The summed E-state index contributed by atoms with van der Waals surface area (Å²) < 4.78 is 26.9. The number of halogens is 2. The fourth-order valence-corrected chi connectivity index (χ4v) is 2.24. The Hall–Kier alpha value is -1.63.